The van der Waals surface area contributed by atoms with Gasteiger partial charge in [-0.15, -0.1) is 24.0 Å². The van der Waals surface area contributed by atoms with Crippen molar-refractivity contribution in [1.82, 2.24) is 15.5 Å². The minimum atomic E-state index is 0. The summed E-state index contributed by atoms with van der Waals surface area (Å²) in [4.78, 5) is 7.22. The second kappa shape index (κ2) is 13.5. The summed E-state index contributed by atoms with van der Waals surface area (Å²) < 4.78 is 10.9. The number of benzene rings is 2. The molecule has 1 aliphatic rings. The lowest BCUT2D eigenvalue weighted by molar-refractivity contribution is 0.0170. The van der Waals surface area contributed by atoms with Gasteiger partial charge in [0.05, 0.1) is 32.9 Å². The van der Waals surface area contributed by atoms with E-state index in [-0.39, 0.29) is 30.0 Å². The van der Waals surface area contributed by atoms with Crippen molar-refractivity contribution in [3.05, 3.63) is 65.7 Å². The van der Waals surface area contributed by atoms with E-state index in [0.29, 0.717) is 6.54 Å². The Labute approximate surface area is 197 Å². The molecule has 1 saturated heterocycles. The minimum absolute atomic E-state index is 0. The number of morpholine rings is 1. The molecule has 0 amide bonds. The lowest BCUT2D eigenvalue weighted by atomic mass is 10.0. The summed E-state index contributed by atoms with van der Waals surface area (Å²) in [6, 6.07) is 18.9. The predicted molar refractivity (Wildman–Crippen MR) is 133 cm³/mol. The van der Waals surface area contributed by atoms with Gasteiger partial charge in [-0.05, 0) is 30.2 Å². The highest BCUT2D eigenvalue weighted by atomic mass is 127. The maximum Gasteiger partial charge on any atom is 0.191 e. The zero-order chi connectivity index (χ0) is 20.3. The van der Waals surface area contributed by atoms with Gasteiger partial charge in [-0.3, -0.25) is 4.90 Å². The van der Waals surface area contributed by atoms with Crippen LogP contribution in [-0.4, -0.2) is 57.4 Å². The summed E-state index contributed by atoms with van der Waals surface area (Å²) in [6.45, 7) is 7.73. The van der Waals surface area contributed by atoms with E-state index in [4.69, 9.17) is 14.5 Å². The van der Waals surface area contributed by atoms with Crippen LogP contribution in [0, 0.1) is 0 Å². The van der Waals surface area contributed by atoms with E-state index in [1.807, 2.05) is 30.3 Å². The van der Waals surface area contributed by atoms with Crippen molar-refractivity contribution in [3.8, 4) is 5.75 Å². The van der Waals surface area contributed by atoms with Crippen LogP contribution in [0.3, 0.4) is 0 Å². The molecular formula is C23H33IN4O2. The average molecular weight is 524 g/mol. The molecule has 30 heavy (non-hydrogen) atoms. The van der Waals surface area contributed by atoms with E-state index in [1.54, 1.807) is 7.11 Å². The van der Waals surface area contributed by atoms with Crippen LogP contribution in [0.1, 0.15) is 24.1 Å². The first kappa shape index (κ1) is 24.4. The summed E-state index contributed by atoms with van der Waals surface area (Å²) >= 11 is 0. The Kier molecular flexibility index (Phi) is 11.0. The van der Waals surface area contributed by atoms with E-state index >= 15 is 0 Å². The van der Waals surface area contributed by atoms with Crippen molar-refractivity contribution in [2.45, 2.75) is 19.5 Å². The Morgan fingerprint density at radius 3 is 2.40 bits per heavy atom. The van der Waals surface area contributed by atoms with Crippen LogP contribution < -0.4 is 15.4 Å². The van der Waals surface area contributed by atoms with Crippen LogP contribution in [0.4, 0.5) is 0 Å². The van der Waals surface area contributed by atoms with Crippen molar-refractivity contribution in [1.29, 1.82) is 0 Å². The number of ether oxygens (including phenoxy) is 2. The standard InChI is InChI=1S/C23H32N4O2.HI/c1-3-24-23(25-17-19-7-5-4-6-8-19)26-18-22(27-13-15-29-16-14-27)20-9-11-21(28-2)12-10-20;/h4-12,22H,3,13-18H2,1-2H3,(H2,24,25,26);1H. The zero-order valence-electron chi connectivity index (χ0n) is 17.8. The van der Waals surface area contributed by atoms with Gasteiger partial charge in [0.25, 0.3) is 0 Å². The Balaban J connectivity index is 0.00000320. The van der Waals surface area contributed by atoms with Crippen molar-refractivity contribution in [2.75, 3.05) is 46.5 Å². The third-order valence-electron chi connectivity index (χ3n) is 5.06. The average Bonchev–Trinajstić information content (AvgIpc) is 2.79. The number of methoxy groups -OCH3 is 1. The van der Waals surface area contributed by atoms with Crippen molar-refractivity contribution in [3.63, 3.8) is 0 Å². The van der Waals surface area contributed by atoms with Gasteiger partial charge >= 0.3 is 0 Å². The minimum Gasteiger partial charge on any atom is -0.497 e. The van der Waals surface area contributed by atoms with E-state index in [0.717, 1.165) is 51.1 Å². The van der Waals surface area contributed by atoms with Gasteiger partial charge in [0.1, 0.15) is 5.75 Å². The third-order valence-corrected chi connectivity index (χ3v) is 5.06. The fourth-order valence-electron chi connectivity index (χ4n) is 3.46. The van der Waals surface area contributed by atoms with Crippen LogP contribution in [0.15, 0.2) is 59.6 Å². The van der Waals surface area contributed by atoms with Crippen LogP contribution in [0.2, 0.25) is 0 Å². The fourth-order valence-corrected chi connectivity index (χ4v) is 3.46. The number of guanidine groups is 1. The molecule has 1 aliphatic heterocycles. The van der Waals surface area contributed by atoms with Gasteiger partial charge in [0.2, 0.25) is 0 Å². The highest BCUT2D eigenvalue weighted by Crippen LogP contribution is 2.23. The van der Waals surface area contributed by atoms with Crippen molar-refractivity contribution >= 4 is 29.9 Å². The van der Waals surface area contributed by atoms with Gasteiger partial charge in [-0.1, -0.05) is 42.5 Å². The van der Waals surface area contributed by atoms with Crippen LogP contribution in [0.5, 0.6) is 5.75 Å². The number of aliphatic imine (C=N–C) groups is 1. The number of halogens is 1. The number of rotatable bonds is 8. The molecule has 0 saturated carbocycles. The predicted octanol–water partition coefficient (Wildman–Crippen LogP) is 3.44. The molecule has 2 aromatic rings. The van der Waals surface area contributed by atoms with E-state index in [2.05, 4.69) is 46.7 Å². The van der Waals surface area contributed by atoms with Gasteiger partial charge in [-0.2, -0.15) is 0 Å². The number of hydrogen-bond acceptors (Lipinski definition) is 4. The molecule has 2 N–H and O–H groups in total. The molecule has 0 radical (unpaired) electrons. The van der Waals surface area contributed by atoms with Crippen LogP contribution in [-0.2, 0) is 11.3 Å². The lowest BCUT2D eigenvalue weighted by Gasteiger charge is -2.35. The van der Waals surface area contributed by atoms with E-state index in [9.17, 15) is 0 Å². The topological polar surface area (TPSA) is 58.1 Å². The molecule has 164 valence electrons. The summed E-state index contributed by atoms with van der Waals surface area (Å²) in [7, 11) is 1.70. The van der Waals surface area contributed by atoms with Crippen LogP contribution in [0.25, 0.3) is 0 Å². The molecule has 3 rings (SSSR count). The Bertz CT molecular complexity index is 750. The summed E-state index contributed by atoms with van der Waals surface area (Å²) in [5.41, 5.74) is 2.46. The molecule has 0 aromatic heterocycles. The monoisotopic (exact) mass is 524 g/mol. The quantitative estimate of drug-likeness (QED) is 0.315. The second-order valence-corrected chi connectivity index (χ2v) is 7.00. The zero-order valence-corrected chi connectivity index (χ0v) is 20.2. The highest BCUT2D eigenvalue weighted by molar-refractivity contribution is 14.0. The van der Waals surface area contributed by atoms with Gasteiger partial charge in [0, 0.05) is 26.2 Å². The highest BCUT2D eigenvalue weighted by Gasteiger charge is 2.23. The maximum absolute atomic E-state index is 5.56. The first-order valence-electron chi connectivity index (χ1n) is 10.3. The molecule has 1 unspecified atom stereocenters. The van der Waals surface area contributed by atoms with E-state index in [1.165, 1.54) is 11.1 Å². The maximum atomic E-state index is 5.56. The largest absolute Gasteiger partial charge is 0.497 e. The molecule has 1 heterocycles. The Morgan fingerprint density at radius 1 is 1.07 bits per heavy atom. The molecule has 0 aliphatic carbocycles. The van der Waals surface area contributed by atoms with Gasteiger partial charge in [0.15, 0.2) is 5.96 Å². The summed E-state index contributed by atoms with van der Waals surface area (Å²) in [5.74, 6) is 1.71. The second-order valence-electron chi connectivity index (χ2n) is 7.00. The number of nitrogens with one attached hydrogen (secondary N) is 2. The van der Waals surface area contributed by atoms with Crippen molar-refractivity contribution in [2.24, 2.45) is 4.99 Å². The molecular weight excluding hydrogens is 491 g/mol. The lowest BCUT2D eigenvalue weighted by Crippen LogP contribution is -2.46. The molecule has 2 aromatic carbocycles. The third kappa shape index (κ3) is 7.45. The fraction of sp³-hybridized carbons (Fsp3) is 0.435. The van der Waals surface area contributed by atoms with Crippen LogP contribution >= 0.6 is 24.0 Å². The molecule has 7 heteroatoms. The number of hydrogen-bond donors (Lipinski definition) is 2. The summed E-state index contributed by atoms with van der Waals surface area (Å²) in [5, 5.41) is 6.90. The molecule has 6 nitrogen and oxygen atoms in total. The van der Waals surface area contributed by atoms with Crippen molar-refractivity contribution < 1.29 is 9.47 Å². The number of nitrogens with zero attached hydrogens (tertiary/aromatic N) is 2. The Morgan fingerprint density at radius 2 is 1.77 bits per heavy atom. The summed E-state index contributed by atoms with van der Waals surface area (Å²) in [6.07, 6.45) is 0. The molecule has 1 fully saturated rings. The smallest absolute Gasteiger partial charge is 0.191 e. The first-order chi connectivity index (χ1) is 14.3. The molecule has 0 spiro atoms. The normalized spacial score (nSPS) is 15.7. The first-order valence-corrected chi connectivity index (χ1v) is 10.3. The van der Waals surface area contributed by atoms with Gasteiger partial charge in [-0.25, -0.2) is 4.99 Å². The SMILES string of the molecule is CCNC(=NCc1ccccc1)NCC(c1ccc(OC)cc1)N1CCOCC1.I. The van der Waals surface area contributed by atoms with Gasteiger partial charge < -0.3 is 20.1 Å². The van der Waals surface area contributed by atoms with E-state index < -0.39 is 0 Å². The Hall–Kier alpha value is -1.84. The molecule has 1 atom stereocenters. The molecule has 0 bridgehead atoms.